The van der Waals surface area contributed by atoms with E-state index in [9.17, 15) is 18.0 Å². The summed E-state index contributed by atoms with van der Waals surface area (Å²) < 4.78 is 37.4. The second kappa shape index (κ2) is 6.32. The molecule has 0 N–H and O–H groups in total. The summed E-state index contributed by atoms with van der Waals surface area (Å²) in [4.78, 5) is 13.6. The third kappa shape index (κ3) is 4.78. The number of halogens is 3. The number of benzene rings is 1. The minimum atomic E-state index is -4.39. The Balaban J connectivity index is 3.02. The molecule has 0 bridgehead atoms. The molecular formula is C13H16F3NOS. The Morgan fingerprint density at radius 1 is 1.37 bits per heavy atom. The average molecular weight is 291 g/mol. The van der Waals surface area contributed by atoms with Crippen molar-refractivity contribution in [3.8, 4) is 0 Å². The van der Waals surface area contributed by atoms with Gasteiger partial charge in [-0.2, -0.15) is 13.2 Å². The van der Waals surface area contributed by atoms with Gasteiger partial charge in [0, 0.05) is 17.0 Å². The van der Waals surface area contributed by atoms with Gasteiger partial charge in [-0.05, 0) is 31.0 Å². The van der Waals surface area contributed by atoms with Crippen molar-refractivity contribution in [2.24, 2.45) is 0 Å². The number of hydrogen-bond acceptors (Lipinski definition) is 2. The van der Waals surface area contributed by atoms with Crippen molar-refractivity contribution in [2.75, 3.05) is 13.1 Å². The Kier molecular flexibility index (Phi) is 5.29. The van der Waals surface area contributed by atoms with Crippen LogP contribution in [0, 0.1) is 6.92 Å². The molecular weight excluding hydrogens is 275 g/mol. The first-order valence-corrected chi connectivity index (χ1v) is 6.35. The van der Waals surface area contributed by atoms with Crippen molar-refractivity contribution < 1.29 is 18.0 Å². The lowest BCUT2D eigenvalue weighted by Crippen LogP contribution is -2.39. The number of hydrogen-bond donors (Lipinski definition) is 1. The summed E-state index contributed by atoms with van der Waals surface area (Å²) in [5, 5.41) is 0. The van der Waals surface area contributed by atoms with Crippen molar-refractivity contribution in [3.05, 3.63) is 29.3 Å². The first kappa shape index (κ1) is 15.9. The van der Waals surface area contributed by atoms with E-state index in [1.165, 1.54) is 6.07 Å². The molecule has 1 aromatic rings. The molecule has 0 radical (unpaired) electrons. The Morgan fingerprint density at radius 2 is 2.00 bits per heavy atom. The third-order valence-corrected chi connectivity index (χ3v) is 2.88. The number of alkyl halides is 3. The van der Waals surface area contributed by atoms with E-state index in [1.807, 2.05) is 0 Å². The van der Waals surface area contributed by atoms with Crippen LogP contribution in [0.1, 0.15) is 29.3 Å². The van der Waals surface area contributed by atoms with Crippen LogP contribution in [0.2, 0.25) is 0 Å². The summed E-state index contributed by atoms with van der Waals surface area (Å²) >= 11 is 4.11. The first-order chi connectivity index (χ1) is 8.74. The van der Waals surface area contributed by atoms with E-state index >= 15 is 0 Å². The van der Waals surface area contributed by atoms with Crippen molar-refractivity contribution in [1.29, 1.82) is 0 Å². The van der Waals surface area contributed by atoms with E-state index in [4.69, 9.17) is 0 Å². The molecule has 0 atom stereocenters. The lowest BCUT2D eigenvalue weighted by molar-refractivity contribution is -0.140. The molecule has 0 aromatic heterocycles. The monoisotopic (exact) mass is 291 g/mol. The Labute approximate surface area is 116 Å². The highest BCUT2D eigenvalue weighted by atomic mass is 32.1. The fraction of sp³-hybridized carbons (Fsp3) is 0.462. The molecule has 6 heteroatoms. The van der Waals surface area contributed by atoms with E-state index < -0.39 is 18.6 Å². The molecule has 0 aliphatic heterocycles. The van der Waals surface area contributed by atoms with E-state index in [-0.39, 0.29) is 12.1 Å². The minimum absolute atomic E-state index is 0.0780. The molecule has 0 spiro atoms. The van der Waals surface area contributed by atoms with E-state index in [0.717, 1.165) is 4.90 Å². The van der Waals surface area contributed by atoms with E-state index in [1.54, 1.807) is 26.0 Å². The number of rotatable bonds is 4. The van der Waals surface area contributed by atoms with Crippen molar-refractivity contribution >= 4 is 18.5 Å². The zero-order chi connectivity index (χ0) is 14.6. The van der Waals surface area contributed by atoms with Crippen LogP contribution in [0.15, 0.2) is 23.1 Å². The summed E-state index contributed by atoms with van der Waals surface area (Å²) in [6, 6.07) is 4.87. The molecule has 0 aliphatic carbocycles. The summed E-state index contributed by atoms with van der Waals surface area (Å²) in [6.45, 7) is 2.28. The second-order valence-corrected chi connectivity index (χ2v) is 4.86. The van der Waals surface area contributed by atoms with Gasteiger partial charge >= 0.3 is 6.18 Å². The molecule has 0 heterocycles. The normalized spacial score (nSPS) is 11.5. The third-order valence-electron chi connectivity index (χ3n) is 2.60. The number of amides is 1. The van der Waals surface area contributed by atoms with Crippen LogP contribution in [0.25, 0.3) is 0 Å². The largest absolute Gasteiger partial charge is 0.406 e. The van der Waals surface area contributed by atoms with Crippen LogP contribution in [0.4, 0.5) is 13.2 Å². The van der Waals surface area contributed by atoms with Crippen LogP contribution in [0.3, 0.4) is 0 Å². The van der Waals surface area contributed by atoms with Crippen LogP contribution >= 0.6 is 12.6 Å². The fourth-order valence-electron chi connectivity index (χ4n) is 1.75. The van der Waals surface area contributed by atoms with Gasteiger partial charge in [-0.25, -0.2) is 0 Å². The molecule has 0 unspecified atom stereocenters. The topological polar surface area (TPSA) is 20.3 Å². The molecule has 19 heavy (non-hydrogen) atoms. The van der Waals surface area contributed by atoms with Crippen LogP contribution in [0.5, 0.6) is 0 Å². The molecule has 0 fully saturated rings. The smallest absolute Gasteiger partial charge is 0.330 e. The maximum atomic E-state index is 12.5. The summed E-state index contributed by atoms with van der Waals surface area (Å²) in [6.07, 6.45) is -3.92. The van der Waals surface area contributed by atoms with Gasteiger partial charge < -0.3 is 4.90 Å². The minimum Gasteiger partial charge on any atom is -0.330 e. The molecule has 2 nitrogen and oxygen atoms in total. The number of carbonyl (C=O) groups is 1. The summed E-state index contributed by atoms with van der Waals surface area (Å²) in [5.41, 5.74) is 0.913. The van der Waals surface area contributed by atoms with Gasteiger partial charge in [0.15, 0.2) is 0 Å². The van der Waals surface area contributed by atoms with Crippen LogP contribution in [-0.4, -0.2) is 30.1 Å². The molecule has 106 valence electrons. The van der Waals surface area contributed by atoms with Gasteiger partial charge in [0.05, 0.1) is 0 Å². The molecule has 1 amide bonds. The fourth-order valence-corrected chi connectivity index (χ4v) is 1.95. The zero-order valence-corrected chi connectivity index (χ0v) is 11.7. The lowest BCUT2D eigenvalue weighted by atomic mass is 10.1. The van der Waals surface area contributed by atoms with Crippen LogP contribution < -0.4 is 0 Å². The molecule has 1 aromatic carbocycles. The van der Waals surface area contributed by atoms with Gasteiger partial charge in [0.25, 0.3) is 5.91 Å². The van der Waals surface area contributed by atoms with Gasteiger partial charge in [-0.3, -0.25) is 4.79 Å². The Bertz CT molecular complexity index is 460. The highest BCUT2D eigenvalue weighted by Crippen LogP contribution is 2.21. The van der Waals surface area contributed by atoms with Crippen LogP contribution in [-0.2, 0) is 0 Å². The van der Waals surface area contributed by atoms with Gasteiger partial charge in [-0.1, -0.05) is 13.0 Å². The number of aryl methyl sites for hydroxylation is 1. The molecule has 1 rings (SSSR count). The number of nitrogens with zero attached hydrogens (tertiary/aromatic N) is 1. The van der Waals surface area contributed by atoms with Crippen molar-refractivity contribution in [3.63, 3.8) is 0 Å². The highest BCUT2D eigenvalue weighted by molar-refractivity contribution is 7.80. The van der Waals surface area contributed by atoms with Crippen molar-refractivity contribution in [2.45, 2.75) is 31.3 Å². The Hall–Kier alpha value is -1.17. The predicted octanol–water partition coefficient (Wildman–Crippen LogP) is 3.70. The molecule has 0 saturated carbocycles. The van der Waals surface area contributed by atoms with Crippen molar-refractivity contribution in [1.82, 2.24) is 4.90 Å². The predicted molar refractivity (Wildman–Crippen MR) is 70.7 cm³/mol. The number of thiol groups is 1. The Morgan fingerprint density at radius 3 is 2.53 bits per heavy atom. The first-order valence-electron chi connectivity index (χ1n) is 5.90. The number of carbonyl (C=O) groups excluding carboxylic acids is 1. The van der Waals surface area contributed by atoms with E-state index in [2.05, 4.69) is 12.6 Å². The zero-order valence-electron chi connectivity index (χ0n) is 10.8. The van der Waals surface area contributed by atoms with Gasteiger partial charge in [0.1, 0.15) is 6.54 Å². The summed E-state index contributed by atoms with van der Waals surface area (Å²) in [7, 11) is 0. The van der Waals surface area contributed by atoms with E-state index in [0.29, 0.717) is 16.9 Å². The SMILES string of the molecule is CCCN(CC(F)(F)F)C(=O)c1cc(S)ccc1C. The summed E-state index contributed by atoms with van der Waals surface area (Å²) in [5.74, 6) is -0.604. The maximum Gasteiger partial charge on any atom is 0.406 e. The molecule has 0 aliphatic rings. The van der Waals surface area contributed by atoms with Gasteiger partial charge in [0.2, 0.25) is 0 Å². The standard InChI is InChI=1S/C13H16F3NOS/c1-3-6-17(8-13(14,15)16)12(18)11-7-10(19)5-4-9(11)2/h4-5,7,19H,3,6,8H2,1-2H3. The maximum absolute atomic E-state index is 12.5. The second-order valence-electron chi connectivity index (χ2n) is 4.34. The highest BCUT2D eigenvalue weighted by Gasteiger charge is 2.33. The average Bonchev–Trinajstić information content (AvgIpc) is 2.29. The quantitative estimate of drug-likeness (QED) is 0.839. The lowest BCUT2D eigenvalue weighted by Gasteiger charge is -2.24. The van der Waals surface area contributed by atoms with Gasteiger partial charge in [-0.15, -0.1) is 12.6 Å². The molecule has 0 saturated heterocycles.